The molecule has 2 N–H and O–H groups in total. The van der Waals surface area contributed by atoms with Gasteiger partial charge in [-0.1, -0.05) is 109 Å². The van der Waals surface area contributed by atoms with Crippen LogP contribution in [0.5, 0.6) is 0 Å². The molecule has 5 aromatic rings. The van der Waals surface area contributed by atoms with Crippen LogP contribution in [-0.4, -0.2) is 10.6 Å². The Morgan fingerprint density at radius 1 is 0.700 bits per heavy atom. The van der Waals surface area contributed by atoms with E-state index in [4.69, 9.17) is 5.10 Å². The highest BCUT2D eigenvalue weighted by atomic mass is 31.2. The number of hydrogen-bond donors (Lipinski definition) is 2. The van der Waals surface area contributed by atoms with Crippen LogP contribution in [-0.2, 0) is 4.57 Å². The van der Waals surface area contributed by atoms with Crippen molar-refractivity contribution in [3.63, 3.8) is 0 Å². The van der Waals surface area contributed by atoms with E-state index in [0.29, 0.717) is 11.0 Å². The summed E-state index contributed by atoms with van der Waals surface area (Å²) in [7, 11) is -3.76. The van der Waals surface area contributed by atoms with E-state index in [1.165, 1.54) is 6.07 Å². The molecule has 0 heterocycles. The van der Waals surface area contributed by atoms with E-state index in [1.54, 1.807) is 30.3 Å². The van der Waals surface area contributed by atoms with E-state index in [1.807, 2.05) is 109 Å². The fraction of sp³-hybridized carbons (Fsp3) is 0.0312. The van der Waals surface area contributed by atoms with Crippen molar-refractivity contribution in [1.82, 2.24) is 0 Å². The normalized spacial score (nSPS) is 13.6. The maximum atomic E-state index is 15.6. The fourth-order valence-corrected chi connectivity index (χ4v) is 7.40. The molecule has 0 fully saturated rings. The van der Waals surface area contributed by atoms with Gasteiger partial charge in [0.2, 0.25) is 7.29 Å². The highest BCUT2D eigenvalue weighted by Crippen LogP contribution is 2.59. The summed E-state index contributed by atoms with van der Waals surface area (Å²) in [6, 6.07) is 43.8. The molecule has 0 amide bonds. The lowest BCUT2D eigenvalue weighted by atomic mass is 10.0. The average Bonchev–Trinajstić information content (AvgIpc) is 3.01. The lowest BCUT2D eigenvalue weighted by Crippen LogP contribution is -2.25. The van der Waals surface area contributed by atoms with E-state index in [2.05, 4.69) is 10.5 Å². The lowest BCUT2D eigenvalue weighted by molar-refractivity contribution is -0.383. The molecular formula is C32H27N4O3P. The summed E-state index contributed by atoms with van der Waals surface area (Å²) < 4.78 is 15.6. The minimum atomic E-state index is -3.76. The molecule has 198 valence electrons. The summed E-state index contributed by atoms with van der Waals surface area (Å²) >= 11 is 0. The molecule has 0 saturated carbocycles. The molecule has 0 radical (unpaired) electrons. The van der Waals surface area contributed by atoms with Gasteiger partial charge in [0.05, 0.1) is 16.3 Å². The van der Waals surface area contributed by atoms with Crippen molar-refractivity contribution < 1.29 is 9.49 Å². The van der Waals surface area contributed by atoms with E-state index < -0.39 is 17.9 Å². The predicted octanol–water partition coefficient (Wildman–Crippen LogP) is 7.87. The zero-order chi connectivity index (χ0) is 27.8. The first-order chi connectivity index (χ1) is 19.6. The van der Waals surface area contributed by atoms with Gasteiger partial charge in [-0.05, 0) is 41.5 Å². The maximum absolute atomic E-state index is 15.6. The van der Waals surface area contributed by atoms with Gasteiger partial charge in [0.1, 0.15) is 11.3 Å². The van der Waals surface area contributed by atoms with Gasteiger partial charge < -0.3 is 5.09 Å². The number of para-hydroxylation sites is 3. The van der Waals surface area contributed by atoms with Crippen molar-refractivity contribution in [3.05, 3.63) is 167 Å². The predicted molar refractivity (Wildman–Crippen MR) is 163 cm³/mol. The van der Waals surface area contributed by atoms with Gasteiger partial charge in [0.15, 0.2) is 0 Å². The highest BCUT2D eigenvalue weighted by molar-refractivity contribution is 7.74. The second-order valence-electron chi connectivity index (χ2n) is 9.03. The average molecular weight is 547 g/mol. The summed E-state index contributed by atoms with van der Waals surface area (Å²) in [6.45, 7) is 0. The Hall–Kier alpha value is -5.00. The number of nitrogens with one attached hydrogen (secondary N) is 2. The molecule has 0 bridgehead atoms. The molecule has 7 nitrogen and oxygen atoms in total. The van der Waals surface area contributed by atoms with Crippen molar-refractivity contribution in [2.45, 2.75) is 5.66 Å². The molecule has 0 saturated heterocycles. The monoisotopic (exact) mass is 546 g/mol. The molecule has 8 heteroatoms. The molecule has 0 unspecified atom stereocenters. The standard InChI is InChI=1S/C32H27N4O3P/c37-36(38)30-24-14-13-23-29(30)35-40(39,28-21-11-4-12-22-28)32(26-17-7-2-8-18-26)31(25-15-5-1-6-16-25)34-33-27-19-9-3-10-20-27/h1-24,32-33H,(H,35,39)/b34-31-/t32-,40+/m0/s1. The minimum absolute atomic E-state index is 0.161. The highest BCUT2D eigenvalue weighted by Gasteiger charge is 2.41. The molecule has 5 aromatic carbocycles. The van der Waals surface area contributed by atoms with Gasteiger partial charge in [0, 0.05) is 11.4 Å². The van der Waals surface area contributed by atoms with Crippen LogP contribution in [0.4, 0.5) is 17.1 Å². The van der Waals surface area contributed by atoms with Gasteiger partial charge in [-0.2, -0.15) is 5.10 Å². The summed E-state index contributed by atoms with van der Waals surface area (Å²) in [6.07, 6.45) is 0. The van der Waals surface area contributed by atoms with Crippen LogP contribution in [0.25, 0.3) is 0 Å². The zero-order valence-electron chi connectivity index (χ0n) is 21.5. The molecule has 0 aromatic heterocycles. The first kappa shape index (κ1) is 26.6. The van der Waals surface area contributed by atoms with Crippen LogP contribution >= 0.6 is 7.29 Å². The third-order valence-corrected chi connectivity index (χ3v) is 9.32. The van der Waals surface area contributed by atoms with Crippen molar-refractivity contribution in [2.75, 3.05) is 10.5 Å². The number of rotatable bonds is 10. The number of nitrogens with zero attached hydrogens (tertiary/aromatic N) is 2. The second-order valence-corrected chi connectivity index (χ2v) is 11.6. The van der Waals surface area contributed by atoms with Crippen molar-refractivity contribution in [3.8, 4) is 0 Å². The van der Waals surface area contributed by atoms with Gasteiger partial charge in [-0.25, -0.2) is 0 Å². The number of nitro groups is 1. The SMILES string of the molecule is O=[N+]([O-])c1ccccc1N[P@@](=O)(c1ccccc1)[C@H](/C(=N\Nc1ccccc1)c1ccccc1)c1ccccc1. The van der Waals surface area contributed by atoms with Gasteiger partial charge in [0.25, 0.3) is 5.69 Å². The van der Waals surface area contributed by atoms with Crippen LogP contribution in [0.15, 0.2) is 151 Å². The Morgan fingerprint density at radius 2 is 1.23 bits per heavy atom. The quantitative estimate of drug-likeness (QED) is 0.0804. The van der Waals surface area contributed by atoms with E-state index in [9.17, 15) is 10.1 Å². The minimum Gasteiger partial charge on any atom is -0.326 e. The number of hydrogen-bond acceptors (Lipinski definition) is 5. The van der Waals surface area contributed by atoms with E-state index in [-0.39, 0.29) is 11.4 Å². The van der Waals surface area contributed by atoms with Crippen LogP contribution in [0.1, 0.15) is 16.8 Å². The van der Waals surface area contributed by atoms with Crippen molar-refractivity contribution in [2.24, 2.45) is 5.10 Å². The smallest absolute Gasteiger partial charge is 0.292 e. The molecular weight excluding hydrogens is 519 g/mol. The van der Waals surface area contributed by atoms with Crippen LogP contribution in [0, 0.1) is 10.1 Å². The number of hydrazone groups is 1. The Morgan fingerprint density at radius 3 is 1.85 bits per heavy atom. The largest absolute Gasteiger partial charge is 0.326 e. The molecule has 0 aliphatic rings. The summed E-state index contributed by atoms with van der Waals surface area (Å²) in [5.41, 5.74) is 5.14. The van der Waals surface area contributed by atoms with E-state index >= 15 is 4.57 Å². The van der Waals surface area contributed by atoms with Crippen molar-refractivity contribution >= 4 is 35.4 Å². The molecule has 0 spiro atoms. The van der Waals surface area contributed by atoms with E-state index in [0.717, 1.165) is 16.8 Å². The number of benzene rings is 5. The molecule has 40 heavy (non-hydrogen) atoms. The second kappa shape index (κ2) is 12.2. The topological polar surface area (TPSA) is 96.6 Å². The van der Waals surface area contributed by atoms with Gasteiger partial charge in [-0.15, -0.1) is 0 Å². The first-order valence-corrected chi connectivity index (χ1v) is 14.5. The van der Waals surface area contributed by atoms with Crippen molar-refractivity contribution in [1.29, 1.82) is 0 Å². The number of anilines is 2. The Labute approximate surface area is 232 Å². The Kier molecular flexibility index (Phi) is 8.14. The summed E-state index contributed by atoms with van der Waals surface area (Å²) in [4.78, 5) is 11.5. The van der Waals surface area contributed by atoms with Crippen LogP contribution in [0.3, 0.4) is 0 Å². The molecule has 0 aliphatic carbocycles. The van der Waals surface area contributed by atoms with Crippen LogP contribution < -0.4 is 15.8 Å². The number of nitro benzene ring substituents is 1. The van der Waals surface area contributed by atoms with Gasteiger partial charge >= 0.3 is 0 Å². The molecule has 2 atom stereocenters. The first-order valence-electron chi connectivity index (χ1n) is 12.7. The van der Waals surface area contributed by atoms with Gasteiger partial charge in [-0.3, -0.25) is 20.1 Å². The zero-order valence-corrected chi connectivity index (χ0v) is 22.4. The van der Waals surface area contributed by atoms with Crippen LogP contribution in [0.2, 0.25) is 0 Å². The summed E-state index contributed by atoms with van der Waals surface area (Å²) in [5.74, 6) is 0. The molecule has 5 rings (SSSR count). The molecule has 0 aliphatic heterocycles. The lowest BCUT2D eigenvalue weighted by Gasteiger charge is -2.31. The summed E-state index contributed by atoms with van der Waals surface area (Å²) in [5, 5.41) is 20.5. The fourth-order valence-electron chi connectivity index (χ4n) is 4.54. The Bertz CT molecular complexity index is 1650. The Balaban J connectivity index is 1.77. The third-order valence-electron chi connectivity index (χ3n) is 6.41. The third kappa shape index (κ3) is 5.85. The maximum Gasteiger partial charge on any atom is 0.292 e.